The second kappa shape index (κ2) is 8.45. The minimum atomic E-state index is -0.554. The van der Waals surface area contributed by atoms with Gasteiger partial charge in [0, 0.05) is 24.7 Å². The first-order valence-electron chi connectivity index (χ1n) is 6.05. The molecule has 0 aliphatic carbocycles. The van der Waals surface area contributed by atoms with Crippen LogP contribution in [0.4, 0.5) is 0 Å². The van der Waals surface area contributed by atoms with Gasteiger partial charge < -0.3 is 15.3 Å². The van der Waals surface area contributed by atoms with Crippen LogP contribution in [0.2, 0.25) is 5.02 Å². The average Bonchev–Trinajstić information content (AvgIpc) is 2.37. The minimum Gasteiger partial charge on any atom is -0.395 e. The van der Waals surface area contributed by atoms with Gasteiger partial charge in [-0.1, -0.05) is 23.7 Å². The Morgan fingerprint density at radius 2 is 1.56 bits per heavy atom. The lowest BCUT2D eigenvalue weighted by Gasteiger charge is -2.21. The maximum atomic E-state index is 10.0. The van der Waals surface area contributed by atoms with E-state index < -0.39 is 6.10 Å². The van der Waals surface area contributed by atoms with Crippen LogP contribution in [-0.4, -0.2) is 53.1 Å². The van der Waals surface area contributed by atoms with Crippen molar-refractivity contribution in [1.29, 1.82) is 0 Å². The van der Waals surface area contributed by atoms with Crippen LogP contribution in [0.3, 0.4) is 0 Å². The molecular formula is C13H20ClNO3. The van der Waals surface area contributed by atoms with Crippen LogP contribution in [0, 0.1) is 0 Å². The minimum absolute atomic E-state index is 0.0526. The summed E-state index contributed by atoms with van der Waals surface area (Å²) in [6.07, 6.45) is 0.00361. The SMILES string of the molecule is OCCN(CCO)CCC(O)c1ccc(Cl)cc1. The van der Waals surface area contributed by atoms with Crippen LogP contribution in [0.1, 0.15) is 18.1 Å². The van der Waals surface area contributed by atoms with E-state index in [1.165, 1.54) is 0 Å². The summed E-state index contributed by atoms with van der Waals surface area (Å²) in [7, 11) is 0. The summed E-state index contributed by atoms with van der Waals surface area (Å²) in [5, 5.41) is 28.4. The fourth-order valence-electron chi connectivity index (χ4n) is 1.77. The third-order valence-corrected chi connectivity index (χ3v) is 3.06. The van der Waals surface area contributed by atoms with E-state index in [0.29, 0.717) is 31.1 Å². The van der Waals surface area contributed by atoms with Gasteiger partial charge in [-0.25, -0.2) is 0 Å². The first-order chi connectivity index (χ1) is 8.67. The zero-order chi connectivity index (χ0) is 13.4. The van der Waals surface area contributed by atoms with Gasteiger partial charge in [0.25, 0.3) is 0 Å². The molecule has 0 aliphatic rings. The lowest BCUT2D eigenvalue weighted by molar-refractivity contribution is 0.118. The standard InChI is InChI=1S/C13H20ClNO3/c14-12-3-1-11(2-4-12)13(18)5-6-15(7-9-16)8-10-17/h1-4,13,16-18H,5-10H2. The van der Waals surface area contributed by atoms with Crippen LogP contribution in [0.15, 0.2) is 24.3 Å². The Hall–Kier alpha value is -0.650. The molecule has 0 heterocycles. The molecule has 5 heteroatoms. The lowest BCUT2D eigenvalue weighted by atomic mass is 10.1. The van der Waals surface area contributed by atoms with Crippen LogP contribution >= 0.6 is 11.6 Å². The molecular weight excluding hydrogens is 254 g/mol. The molecule has 1 aromatic rings. The number of aliphatic hydroxyl groups is 3. The second-order valence-corrected chi connectivity index (χ2v) is 4.58. The van der Waals surface area contributed by atoms with Gasteiger partial charge in [-0.05, 0) is 24.1 Å². The average molecular weight is 274 g/mol. The van der Waals surface area contributed by atoms with Crippen LogP contribution in [-0.2, 0) is 0 Å². The van der Waals surface area contributed by atoms with E-state index in [0.717, 1.165) is 5.56 Å². The summed E-state index contributed by atoms with van der Waals surface area (Å²) in [4.78, 5) is 1.92. The highest BCUT2D eigenvalue weighted by Gasteiger charge is 2.10. The lowest BCUT2D eigenvalue weighted by Crippen LogP contribution is -2.31. The fourth-order valence-corrected chi connectivity index (χ4v) is 1.90. The molecule has 0 spiro atoms. The third-order valence-electron chi connectivity index (χ3n) is 2.81. The molecule has 0 amide bonds. The largest absolute Gasteiger partial charge is 0.395 e. The van der Waals surface area contributed by atoms with Crippen molar-refractivity contribution in [2.45, 2.75) is 12.5 Å². The van der Waals surface area contributed by atoms with Crippen molar-refractivity contribution >= 4 is 11.6 Å². The normalized spacial score (nSPS) is 12.9. The molecule has 1 aromatic carbocycles. The van der Waals surface area contributed by atoms with Crippen molar-refractivity contribution in [2.24, 2.45) is 0 Å². The Morgan fingerprint density at radius 1 is 1.00 bits per heavy atom. The smallest absolute Gasteiger partial charge is 0.0802 e. The van der Waals surface area contributed by atoms with Gasteiger partial charge in [-0.15, -0.1) is 0 Å². The van der Waals surface area contributed by atoms with E-state index in [4.69, 9.17) is 21.8 Å². The fraction of sp³-hybridized carbons (Fsp3) is 0.538. The number of aliphatic hydroxyl groups excluding tert-OH is 3. The Kier molecular flexibility index (Phi) is 7.23. The molecule has 1 rings (SSSR count). The third kappa shape index (κ3) is 5.33. The van der Waals surface area contributed by atoms with Crippen molar-refractivity contribution in [3.8, 4) is 0 Å². The Bertz CT molecular complexity index is 326. The number of nitrogens with zero attached hydrogens (tertiary/aromatic N) is 1. The van der Waals surface area contributed by atoms with Crippen LogP contribution in [0.5, 0.6) is 0 Å². The number of hydrogen-bond donors (Lipinski definition) is 3. The summed E-state index contributed by atoms with van der Waals surface area (Å²) in [5.41, 5.74) is 0.826. The zero-order valence-electron chi connectivity index (χ0n) is 10.3. The molecule has 18 heavy (non-hydrogen) atoms. The van der Waals surface area contributed by atoms with Crippen molar-refractivity contribution in [1.82, 2.24) is 4.90 Å². The molecule has 1 unspecified atom stereocenters. The Balaban J connectivity index is 2.43. The van der Waals surface area contributed by atoms with E-state index >= 15 is 0 Å². The predicted molar refractivity (Wildman–Crippen MR) is 71.6 cm³/mol. The summed E-state index contributed by atoms with van der Waals surface area (Å²) >= 11 is 5.78. The number of rotatable bonds is 8. The Labute approximate surface area is 112 Å². The first kappa shape index (κ1) is 15.4. The highest BCUT2D eigenvalue weighted by atomic mass is 35.5. The maximum absolute atomic E-state index is 10.0. The van der Waals surface area contributed by atoms with E-state index in [-0.39, 0.29) is 13.2 Å². The molecule has 0 saturated carbocycles. The van der Waals surface area contributed by atoms with E-state index in [9.17, 15) is 5.11 Å². The number of halogens is 1. The van der Waals surface area contributed by atoms with Crippen LogP contribution < -0.4 is 0 Å². The quantitative estimate of drug-likeness (QED) is 0.663. The second-order valence-electron chi connectivity index (χ2n) is 4.14. The van der Waals surface area contributed by atoms with Gasteiger partial charge in [0.05, 0.1) is 19.3 Å². The molecule has 0 bridgehead atoms. The van der Waals surface area contributed by atoms with E-state index in [1.54, 1.807) is 24.3 Å². The summed E-state index contributed by atoms with van der Waals surface area (Å²) in [6.45, 7) is 1.75. The van der Waals surface area contributed by atoms with Gasteiger partial charge in [-0.3, -0.25) is 4.90 Å². The van der Waals surface area contributed by atoms with Gasteiger partial charge >= 0.3 is 0 Å². The van der Waals surface area contributed by atoms with Crippen molar-refractivity contribution in [2.75, 3.05) is 32.8 Å². The molecule has 0 radical (unpaired) electrons. The summed E-state index contributed by atoms with van der Waals surface area (Å²) in [6, 6.07) is 7.10. The van der Waals surface area contributed by atoms with Gasteiger partial charge in [0.2, 0.25) is 0 Å². The highest BCUT2D eigenvalue weighted by molar-refractivity contribution is 6.30. The van der Waals surface area contributed by atoms with Gasteiger partial charge in [0.15, 0.2) is 0 Å². The van der Waals surface area contributed by atoms with E-state index in [1.807, 2.05) is 4.90 Å². The molecule has 0 aliphatic heterocycles. The predicted octanol–water partition coefficient (Wildman–Crippen LogP) is 1.05. The van der Waals surface area contributed by atoms with Crippen molar-refractivity contribution in [3.05, 3.63) is 34.9 Å². The zero-order valence-corrected chi connectivity index (χ0v) is 11.1. The highest BCUT2D eigenvalue weighted by Crippen LogP contribution is 2.19. The molecule has 102 valence electrons. The van der Waals surface area contributed by atoms with E-state index in [2.05, 4.69) is 0 Å². The summed E-state index contributed by atoms with van der Waals surface area (Å²) in [5.74, 6) is 0. The van der Waals surface area contributed by atoms with Gasteiger partial charge in [0.1, 0.15) is 0 Å². The first-order valence-corrected chi connectivity index (χ1v) is 6.42. The molecule has 0 fully saturated rings. The van der Waals surface area contributed by atoms with Crippen molar-refractivity contribution < 1.29 is 15.3 Å². The molecule has 4 nitrogen and oxygen atoms in total. The monoisotopic (exact) mass is 273 g/mol. The topological polar surface area (TPSA) is 63.9 Å². The molecule has 3 N–H and O–H groups in total. The van der Waals surface area contributed by atoms with Crippen LogP contribution in [0.25, 0.3) is 0 Å². The Morgan fingerprint density at radius 3 is 2.06 bits per heavy atom. The molecule has 1 atom stereocenters. The summed E-state index contributed by atoms with van der Waals surface area (Å²) < 4.78 is 0. The van der Waals surface area contributed by atoms with Gasteiger partial charge in [-0.2, -0.15) is 0 Å². The molecule has 0 saturated heterocycles. The van der Waals surface area contributed by atoms with Crippen molar-refractivity contribution in [3.63, 3.8) is 0 Å². The number of hydrogen-bond acceptors (Lipinski definition) is 4. The molecule has 0 aromatic heterocycles. The maximum Gasteiger partial charge on any atom is 0.0802 e. The number of benzene rings is 1.